The highest BCUT2D eigenvalue weighted by Crippen LogP contribution is 2.49. The van der Waals surface area contributed by atoms with E-state index in [1.54, 1.807) is 7.11 Å². The highest BCUT2D eigenvalue weighted by atomic mass is 79.9. The van der Waals surface area contributed by atoms with E-state index >= 15 is 4.39 Å². The van der Waals surface area contributed by atoms with Crippen molar-refractivity contribution in [2.75, 3.05) is 25.6 Å². The summed E-state index contributed by atoms with van der Waals surface area (Å²) in [5, 5.41) is 4.02. The highest BCUT2D eigenvalue weighted by Gasteiger charge is 2.39. The van der Waals surface area contributed by atoms with Gasteiger partial charge in [-0.05, 0) is 71.9 Å². The maximum absolute atomic E-state index is 15.2. The third-order valence-electron chi connectivity index (χ3n) is 7.92. The Labute approximate surface area is 245 Å². The first-order chi connectivity index (χ1) is 19.1. The molecule has 0 amide bonds. The summed E-state index contributed by atoms with van der Waals surface area (Å²) in [6.07, 6.45) is 2.18. The van der Waals surface area contributed by atoms with Crippen LogP contribution in [0.1, 0.15) is 49.6 Å². The lowest BCUT2D eigenvalue weighted by atomic mass is 9.84. The second kappa shape index (κ2) is 10.1. The van der Waals surface area contributed by atoms with Gasteiger partial charge in [0.2, 0.25) is 0 Å². The molecule has 1 unspecified atom stereocenters. The standard InChI is InChI=1S/C31H29BrClF2N3O2/c1-15-22(32)10-17-9-18(11-25(39-4)28(17)37-15)36-13-20(16-5-6-16)24-12-21-30(40-14-31(21,2)3)29(38-24)19-7-8-23(34)26(33)27(19)35/h7-12,16,20,36H,5-6,13-14H2,1-4H3. The van der Waals surface area contributed by atoms with E-state index in [0.29, 0.717) is 36.3 Å². The van der Waals surface area contributed by atoms with Crippen LogP contribution in [0, 0.1) is 24.5 Å². The Kier molecular flexibility index (Phi) is 6.90. The molecule has 1 aliphatic heterocycles. The number of anilines is 1. The zero-order valence-corrected chi connectivity index (χ0v) is 25.0. The Hall–Kier alpha value is -2.97. The molecule has 1 saturated carbocycles. The average molecular weight is 629 g/mol. The number of halogens is 4. The van der Waals surface area contributed by atoms with Crippen molar-refractivity contribution in [2.45, 2.75) is 44.9 Å². The van der Waals surface area contributed by atoms with E-state index in [0.717, 1.165) is 50.9 Å². The molecule has 40 heavy (non-hydrogen) atoms. The summed E-state index contributed by atoms with van der Waals surface area (Å²) >= 11 is 9.54. The van der Waals surface area contributed by atoms with Crippen LogP contribution in [0.25, 0.3) is 22.2 Å². The maximum Gasteiger partial charge on any atom is 0.154 e. The van der Waals surface area contributed by atoms with Gasteiger partial charge in [-0.1, -0.05) is 25.4 Å². The largest absolute Gasteiger partial charge is 0.494 e. The van der Waals surface area contributed by atoms with Crippen molar-refractivity contribution < 1.29 is 18.3 Å². The van der Waals surface area contributed by atoms with Crippen LogP contribution < -0.4 is 14.8 Å². The normalized spacial score (nSPS) is 16.5. The van der Waals surface area contributed by atoms with E-state index in [2.05, 4.69) is 52.2 Å². The topological polar surface area (TPSA) is 56.3 Å². The first kappa shape index (κ1) is 27.2. The molecule has 6 rings (SSSR count). The highest BCUT2D eigenvalue weighted by molar-refractivity contribution is 9.10. The molecule has 1 N–H and O–H groups in total. The summed E-state index contributed by atoms with van der Waals surface area (Å²) in [4.78, 5) is 9.65. The second-order valence-corrected chi connectivity index (χ2v) is 12.5. The van der Waals surface area contributed by atoms with Crippen molar-refractivity contribution >= 4 is 44.1 Å². The number of nitrogens with zero attached hydrogens (tertiary/aromatic N) is 2. The number of methoxy groups -OCH3 is 1. The Morgan fingerprint density at radius 1 is 1.18 bits per heavy atom. The summed E-state index contributed by atoms with van der Waals surface area (Å²) in [7, 11) is 1.64. The molecule has 0 bridgehead atoms. The fourth-order valence-electron chi connectivity index (χ4n) is 5.43. The van der Waals surface area contributed by atoms with Gasteiger partial charge in [-0.25, -0.2) is 18.7 Å². The van der Waals surface area contributed by atoms with Gasteiger partial charge in [0.05, 0.1) is 19.4 Å². The molecule has 3 heterocycles. The molecular formula is C31H29BrClF2N3O2. The van der Waals surface area contributed by atoms with Crippen LogP contribution >= 0.6 is 27.5 Å². The number of ether oxygens (including phenoxy) is 2. The number of fused-ring (bicyclic) bond motifs is 2. The molecule has 1 atom stereocenters. The van der Waals surface area contributed by atoms with Crippen molar-refractivity contribution in [3.8, 4) is 22.8 Å². The molecule has 208 valence electrons. The van der Waals surface area contributed by atoms with Crippen molar-refractivity contribution in [1.82, 2.24) is 9.97 Å². The lowest BCUT2D eigenvalue weighted by Crippen LogP contribution is -2.20. The van der Waals surface area contributed by atoms with Gasteiger partial charge in [0.15, 0.2) is 5.82 Å². The third-order valence-corrected chi connectivity index (χ3v) is 9.07. The summed E-state index contributed by atoms with van der Waals surface area (Å²) < 4.78 is 41.9. The van der Waals surface area contributed by atoms with Gasteiger partial charge in [-0.15, -0.1) is 0 Å². The van der Waals surface area contributed by atoms with E-state index in [9.17, 15) is 4.39 Å². The number of hydrogen-bond donors (Lipinski definition) is 1. The molecule has 4 aromatic rings. The quantitative estimate of drug-likeness (QED) is 0.208. The van der Waals surface area contributed by atoms with E-state index in [1.807, 2.05) is 19.1 Å². The summed E-state index contributed by atoms with van der Waals surface area (Å²) in [5.74, 6) is 0.105. The number of rotatable bonds is 7. The Bertz CT molecular complexity index is 1660. The fraction of sp³-hybridized carbons (Fsp3) is 0.355. The van der Waals surface area contributed by atoms with E-state index in [4.69, 9.17) is 26.1 Å². The molecule has 2 aromatic carbocycles. The zero-order valence-electron chi connectivity index (χ0n) is 22.7. The molecule has 1 aliphatic carbocycles. The van der Waals surface area contributed by atoms with E-state index in [-0.39, 0.29) is 16.9 Å². The number of aryl methyl sites for hydroxylation is 1. The van der Waals surface area contributed by atoms with Gasteiger partial charge in [0, 0.05) is 56.3 Å². The van der Waals surface area contributed by atoms with Crippen molar-refractivity contribution in [1.29, 1.82) is 0 Å². The number of aromatic nitrogens is 2. The lowest BCUT2D eigenvalue weighted by Gasteiger charge is -2.22. The molecule has 2 aliphatic rings. The summed E-state index contributed by atoms with van der Waals surface area (Å²) in [6.45, 7) is 7.22. The third kappa shape index (κ3) is 4.79. The fourth-order valence-corrected chi connectivity index (χ4v) is 5.93. The maximum atomic E-state index is 15.2. The minimum atomic E-state index is -0.832. The number of benzene rings is 2. The van der Waals surface area contributed by atoms with Crippen LogP contribution in [0.15, 0.2) is 40.9 Å². The first-order valence-corrected chi connectivity index (χ1v) is 14.5. The van der Waals surface area contributed by atoms with Gasteiger partial charge in [-0.3, -0.25) is 0 Å². The minimum Gasteiger partial charge on any atom is -0.494 e. The molecule has 1 fully saturated rings. The molecule has 0 spiro atoms. The molecule has 0 saturated heterocycles. The van der Waals surface area contributed by atoms with Crippen molar-refractivity contribution in [2.24, 2.45) is 5.92 Å². The van der Waals surface area contributed by atoms with Gasteiger partial charge >= 0.3 is 0 Å². The number of nitrogens with one attached hydrogen (secondary N) is 1. The predicted octanol–water partition coefficient (Wildman–Crippen LogP) is 8.58. The minimum absolute atomic E-state index is 0.0732. The van der Waals surface area contributed by atoms with E-state index < -0.39 is 16.7 Å². The Balaban J connectivity index is 1.40. The van der Waals surface area contributed by atoms with Gasteiger partial charge in [0.1, 0.15) is 33.5 Å². The second-order valence-electron chi connectivity index (χ2n) is 11.3. The predicted molar refractivity (Wildman–Crippen MR) is 158 cm³/mol. The van der Waals surface area contributed by atoms with Crippen molar-refractivity contribution in [3.05, 3.63) is 74.5 Å². The lowest BCUT2D eigenvalue weighted by molar-refractivity contribution is 0.291. The summed E-state index contributed by atoms with van der Waals surface area (Å²) in [5.41, 5.74) is 4.65. The Morgan fingerprint density at radius 3 is 2.67 bits per heavy atom. The first-order valence-electron chi connectivity index (χ1n) is 13.3. The van der Waals surface area contributed by atoms with Crippen LogP contribution in [0.4, 0.5) is 14.5 Å². The SMILES string of the molecule is COc1cc(NCC(c2cc3c(c(-c4ccc(F)c(Cl)c4F)n2)OCC3(C)C)C2CC2)cc2cc(Br)c(C)nc12. The monoisotopic (exact) mass is 627 g/mol. The van der Waals surface area contributed by atoms with Gasteiger partial charge < -0.3 is 14.8 Å². The molecule has 5 nitrogen and oxygen atoms in total. The van der Waals surface area contributed by atoms with Crippen LogP contribution in [0.5, 0.6) is 11.5 Å². The molecule has 9 heteroatoms. The smallest absolute Gasteiger partial charge is 0.154 e. The van der Waals surface area contributed by atoms with Gasteiger partial charge in [-0.2, -0.15) is 0 Å². The molecule has 0 radical (unpaired) electrons. The Morgan fingerprint density at radius 2 is 1.95 bits per heavy atom. The van der Waals surface area contributed by atoms with Crippen LogP contribution in [0.2, 0.25) is 5.02 Å². The van der Waals surface area contributed by atoms with Gasteiger partial charge in [0.25, 0.3) is 0 Å². The van der Waals surface area contributed by atoms with Crippen LogP contribution in [-0.4, -0.2) is 30.2 Å². The van der Waals surface area contributed by atoms with Crippen LogP contribution in [-0.2, 0) is 5.41 Å². The van der Waals surface area contributed by atoms with Crippen LogP contribution in [0.3, 0.4) is 0 Å². The van der Waals surface area contributed by atoms with E-state index in [1.165, 1.54) is 12.1 Å². The number of pyridine rings is 2. The number of hydrogen-bond acceptors (Lipinski definition) is 5. The summed E-state index contributed by atoms with van der Waals surface area (Å²) in [6, 6.07) is 10.7. The molecular weight excluding hydrogens is 600 g/mol. The molecule has 2 aromatic heterocycles. The average Bonchev–Trinajstić information content (AvgIpc) is 3.71. The van der Waals surface area contributed by atoms with Crippen molar-refractivity contribution in [3.63, 3.8) is 0 Å². The zero-order chi connectivity index (χ0) is 28.3.